The Balaban J connectivity index is 1.54. The molecule has 22 heteroatoms. The fourth-order valence-corrected chi connectivity index (χ4v) is 10.3. The number of sulfonamides is 2. The van der Waals surface area contributed by atoms with Crippen molar-refractivity contribution in [3.8, 4) is 0 Å². The fourth-order valence-electron chi connectivity index (χ4n) is 6.73. The lowest BCUT2D eigenvalue weighted by Crippen LogP contribution is -2.55. The van der Waals surface area contributed by atoms with Gasteiger partial charge in [-0.1, -0.05) is 43.6 Å². The van der Waals surface area contributed by atoms with Crippen molar-refractivity contribution in [1.29, 1.82) is 0 Å². The number of nitrogens with zero attached hydrogens (tertiary/aromatic N) is 3. The molecule has 3 aromatic rings. The second-order valence-corrected chi connectivity index (χ2v) is 18.9. The van der Waals surface area contributed by atoms with Crippen molar-refractivity contribution < 1.29 is 60.4 Å². The second kappa shape index (κ2) is 22.3. The Bertz CT molecular complexity index is 2480. The highest BCUT2D eigenvalue weighted by molar-refractivity contribution is 9.11. The van der Waals surface area contributed by atoms with Gasteiger partial charge < -0.3 is 24.4 Å². The molecule has 0 bridgehead atoms. The van der Waals surface area contributed by atoms with Crippen LogP contribution in [0.1, 0.15) is 92.3 Å². The molecule has 3 N–H and O–H groups in total. The molecule has 1 fully saturated rings. The van der Waals surface area contributed by atoms with E-state index in [1.165, 1.54) is 68.2 Å². The van der Waals surface area contributed by atoms with Crippen molar-refractivity contribution in [3.05, 3.63) is 97.2 Å². The number of H-pyrrole nitrogens is 1. The normalized spacial score (nSPS) is 18.5. The van der Waals surface area contributed by atoms with E-state index >= 15 is 0 Å². The van der Waals surface area contributed by atoms with E-state index in [0.717, 1.165) is 10.8 Å². The Morgan fingerprint density at radius 1 is 0.825 bits per heavy atom. The van der Waals surface area contributed by atoms with Gasteiger partial charge in [0.15, 0.2) is 18.8 Å². The number of esters is 2. The zero-order valence-electron chi connectivity index (χ0n) is 35.1. The third-order valence-electron chi connectivity index (χ3n) is 9.94. The lowest BCUT2D eigenvalue weighted by Gasteiger charge is -2.29. The maximum absolute atomic E-state index is 13.8. The van der Waals surface area contributed by atoms with E-state index in [0.29, 0.717) is 38.8 Å². The number of aliphatic hydroxyl groups is 2. The zero-order chi connectivity index (χ0) is 46.7. The van der Waals surface area contributed by atoms with Gasteiger partial charge in [0, 0.05) is 38.8 Å². The van der Waals surface area contributed by atoms with Gasteiger partial charge in [0.2, 0.25) is 31.6 Å². The molecule has 1 aromatic heterocycles. The van der Waals surface area contributed by atoms with Crippen LogP contribution >= 0.6 is 15.9 Å². The molecule has 1 saturated heterocycles. The van der Waals surface area contributed by atoms with E-state index in [-0.39, 0.29) is 39.6 Å². The SMILES string of the molecule is CCCN(CCC)S(=O)(=O)c1ccc(C(=O)OCC(=O)C(O)[C@H]2O[C@@H](n3cc(C=CBr)c(=O)[nH]c3=O)C[C@@]2(O)C(=O)COC(=O)c2ccc(S(=O)(=O)N(CCC)CCC)cc2)cc1. The van der Waals surface area contributed by atoms with Crippen LogP contribution in [0.25, 0.3) is 6.08 Å². The van der Waals surface area contributed by atoms with Crippen LogP contribution in [0.15, 0.2) is 79.1 Å². The summed E-state index contributed by atoms with van der Waals surface area (Å²) in [6.07, 6.45) is -2.34. The highest BCUT2D eigenvalue weighted by atomic mass is 79.9. The number of hydrogen-bond acceptors (Lipinski definition) is 15. The van der Waals surface area contributed by atoms with Crippen LogP contribution in [-0.2, 0) is 43.8 Å². The highest BCUT2D eigenvalue weighted by Crippen LogP contribution is 2.39. The van der Waals surface area contributed by atoms with Crippen molar-refractivity contribution in [1.82, 2.24) is 18.2 Å². The molecule has 0 amide bonds. The summed E-state index contributed by atoms with van der Waals surface area (Å²) in [5.41, 5.74) is -5.06. The third kappa shape index (κ3) is 11.9. The second-order valence-electron chi connectivity index (χ2n) is 14.5. The topological polar surface area (TPSA) is 266 Å². The summed E-state index contributed by atoms with van der Waals surface area (Å²) in [5.74, 6) is -4.74. The molecule has 0 saturated carbocycles. The minimum absolute atomic E-state index is 0.0713. The van der Waals surface area contributed by atoms with Gasteiger partial charge in [-0.3, -0.25) is 23.9 Å². The maximum Gasteiger partial charge on any atom is 0.338 e. The summed E-state index contributed by atoms with van der Waals surface area (Å²) in [4.78, 5) is 81.6. The Morgan fingerprint density at radius 3 is 1.70 bits per heavy atom. The van der Waals surface area contributed by atoms with Gasteiger partial charge in [-0.15, -0.1) is 0 Å². The molecular weight excluding hydrogens is 933 g/mol. The van der Waals surface area contributed by atoms with Crippen molar-refractivity contribution in [2.75, 3.05) is 39.4 Å². The number of hydrogen-bond donors (Lipinski definition) is 3. The highest BCUT2D eigenvalue weighted by Gasteiger charge is 2.57. The number of rotatable bonds is 23. The monoisotopic (exact) mass is 982 g/mol. The van der Waals surface area contributed by atoms with Gasteiger partial charge >= 0.3 is 17.6 Å². The van der Waals surface area contributed by atoms with Crippen LogP contribution in [0.5, 0.6) is 0 Å². The molecule has 1 unspecified atom stereocenters. The first-order chi connectivity index (χ1) is 29.8. The number of aromatic amines is 1. The number of nitrogens with one attached hydrogen (secondary N) is 1. The number of Topliss-reactive ketones (excluding diaryl/α,β-unsaturated/α-hetero) is 2. The van der Waals surface area contributed by atoms with Crippen LogP contribution in [0, 0.1) is 0 Å². The molecule has 1 aliphatic heterocycles. The average molecular weight is 984 g/mol. The minimum atomic E-state index is -3.88. The molecule has 0 aliphatic carbocycles. The summed E-state index contributed by atoms with van der Waals surface area (Å²) < 4.78 is 72.1. The van der Waals surface area contributed by atoms with Gasteiger partial charge in [-0.2, -0.15) is 8.61 Å². The summed E-state index contributed by atoms with van der Waals surface area (Å²) in [6, 6.07) is 9.54. The summed E-state index contributed by atoms with van der Waals surface area (Å²) in [5, 5.41) is 23.1. The van der Waals surface area contributed by atoms with Crippen molar-refractivity contribution in [3.63, 3.8) is 0 Å². The van der Waals surface area contributed by atoms with E-state index in [1.807, 2.05) is 27.7 Å². The molecule has 4 atom stereocenters. The Labute approximate surface area is 372 Å². The molecule has 1 aliphatic rings. The first-order valence-corrected chi connectivity index (χ1v) is 23.9. The van der Waals surface area contributed by atoms with Gasteiger partial charge in [0.1, 0.15) is 18.4 Å². The van der Waals surface area contributed by atoms with Crippen LogP contribution in [-0.4, -0.2) is 126 Å². The Morgan fingerprint density at radius 2 is 1.27 bits per heavy atom. The number of ketones is 2. The number of aliphatic hydroxyl groups excluding tert-OH is 1. The van der Waals surface area contributed by atoms with Crippen molar-refractivity contribution in [2.45, 2.75) is 93.6 Å². The summed E-state index contributed by atoms with van der Waals surface area (Å²) in [7, 11) is -7.75. The zero-order valence-corrected chi connectivity index (χ0v) is 38.3. The smallest absolute Gasteiger partial charge is 0.338 e. The third-order valence-corrected chi connectivity index (χ3v) is 14.0. The van der Waals surface area contributed by atoms with Gasteiger partial charge in [0.25, 0.3) is 5.56 Å². The molecule has 0 spiro atoms. The van der Waals surface area contributed by atoms with E-state index in [9.17, 15) is 55.8 Å². The van der Waals surface area contributed by atoms with E-state index in [4.69, 9.17) is 14.2 Å². The lowest BCUT2D eigenvalue weighted by molar-refractivity contribution is -0.163. The van der Waals surface area contributed by atoms with Crippen molar-refractivity contribution in [2.24, 2.45) is 0 Å². The average Bonchev–Trinajstić information content (AvgIpc) is 3.62. The number of carbonyl (C=O) groups is 4. The lowest BCUT2D eigenvalue weighted by atomic mass is 9.86. The number of halogens is 1. The van der Waals surface area contributed by atoms with Crippen LogP contribution in [0.3, 0.4) is 0 Å². The molecular formula is C41H51BrN4O15S2. The van der Waals surface area contributed by atoms with E-state index in [2.05, 4.69) is 20.9 Å². The minimum Gasteiger partial charge on any atom is -0.454 e. The number of aromatic nitrogens is 2. The van der Waals surface area contributed by atoms with Crippen LogP contribution in [0.4, 0.5) is 0 Å². The first-order valence-electron chi connectivity index (χ1n) is 20.1. The fraction of sp³-hybridized carbons (Fsp3) is 0.463. The Kier molecular flexibility index (Phi) is 18.0. The van der Waals surface area contributed by atoms with Crippen LogP contribution in [0.2, 0.25) is 0 Å². The Hall–Kier alpha value is -4.68. The number of ether oxygens (including phenoxy) is 3. The summed E-state index contributed by atoms with van der Waals surface area (Å²) in [6.45, 7) is 6.24. The molecule has 19 nitrogen and oxygen atoms in total. The summed E-state index contributed by atoms with van der Waals surface area (Å²) >= 11 is 3.03. The molecule has 63 heavy (non-hydrogen) atoms. The predicted molar refractivity (Wildman–Crippen MR) is 231 cm³/mol. The molecule has 4 rings (SSSR count). The van der Waals surface area contributed by atoms with E-state index in [1.54, 1.807) is 0 Å². The van der Waals surface area contributed by atoms with E-state index < -0.39 is 98.5 Å². The molecule has 0 radical (unpaired) electrons. The van der Waals surface area contributed by atoms with Gasteiger partial charge in [0.05, 0.1) is 26.5 Å². The van der Waals surface area contributed by atoms with Crippen LogP contribution < -0.4 is 11.2 Å². The maximum atomic E-state index is 13.8. The predicted octanol–water partition coefficient (Wildman–Crippen LogP) is 2.76. The quantitative estimate of drug-likeness (QED) is 0.115. The standard InChI is InChI=1S/C41H51BrN4O15S2/c1-5-19-44(20-6-2)62(55,56)30-13-9-27(10-14-30)38(51)59-25-32(47)35(49)36-41(54,23-34(61-36)46-24-29(17-18-42)37(50)43-40(46)53)33(48)26-60-39(52)28-11-15-31(16-12-28)63(57,58)45(21-7-3)22-8-4/h9-18,24,34-36,49,54H,5-8,19-23,25-26H2,1-4H3,(H,43,50,53)/t34-,35?,36-,41-/m1/s1. The molecule has 344 valence electrons. The van der Waals surface area contributed by atoms with Gasteiger partial charge in [-0.25, -0.2) is 31.2 Å². The first kappa shape index (κ1) is 51.0. The van der Waals surface area contributed by atoms with Crippen molar-refractivity contribution >= 4 is 65.6 Å². The number of benzene rings is 2. The molecule has 2 aromatic carbocycles. The number of carbonyl (C=O) groups excluding carboxylic acids is 4. The van der Waals surface area contributed by atoms with Gasteiger partial charge in [-0.05, 0) is 85.3 Å². The largest absolute Gasteiger partial charge is 0.454 e. The molecule has 2 heterocycles.